The number of piperidine rings is 1. The number of hydrogen-bond donors (Lipinski definition) is 3. The lowest BCUT2D eigenvalue weighted by atomic mass is 9.93. The zero-order chi connectivity index (χ0) is 17.5. The third-order valence-electron chi connectivity index (χ3n) is 4.92. The molecule has 0 spiro atoms. The van der Waals surface area contributed by atoms with Gasteiger partial charge in [-0.15, -0.1) is 24.8 Å². The Morgan fingerprint density at radius 2 is 2.04 bits per heavy atom. The van der Waals surface area contributed by atoms with Crippen molar-refractivity contribution in [3.8, 4) is 0 Å². The molecule has 1 amide bonds. The summed E-state index contributed by atoms with van der Waals surface area (Å²) in [5.41, 5.74) is 1.98. The standard InChI is InChI=1S/C19H28N4OS.2ClH/c1-25-13-10-17(19-22-15-4-2-3-5-16(15)23-19)21-18(24)7-6-14-8-11-20-12-9-14;;/h2-5,14,17,20H,6-13H2,1H3,(H,21,24)(H,22,23);2*1H. The maximum atomic E-state index is 12.5. The van der Waals surface area contributed by atoms with E-state index in [0.29, 0.717) is 12.3 Å². The molecule has 0 saturated carbocycles. The van der Waals surface area contributed by atoms with Crippen molar-refractivity contribution in [1.82, 2.24) is 20.6 Å². The van der Waals surface area contributed by atoms with Gasteiger partial charge in [0.2, 0.25) is 5.91 Å². The van der Waals surface area contributed by atoms with E-state index < -0.39 is 0 Å². The fourth-order valence-corrected chi connectivity index (χ4v) is 3.89. The summed E-state index contributed by atoms with van der Waals surface area (Å²) in [5, 5.41) is 6.58. The molecule has 0 radical (unpaired) electrons. The van der Waals surface area contributed by atoms with Crippen LogP contribution in [0.3, 0.4) is 0 Å². The second-order valence-corrected chi connectivity index (χ2v) is 7.76. The zero-order valence-corrected chi connectivity index (χ0v) is 18.2. The van der Waals surface area contributed by atoms with E-state index in [2.05, 4.69) is 26.9 Å². The molecule has 2 aromatic rings. The summed E-state index contributed by atoms with van der Waals surface area (Å²) in [7, 11) is 0. The Morgan fingerprint density at radius 1 is 1.30 bits per heavy atom. The first-order valence-electron chi connectivity index (χ1n) is 9.20. The van der Waals surface area contributed by atoms with Crippen LogP contribution in [0.2, 0.25) is 0 Å². The van der Waals surface area contributed by atoms with Crippen molar-refractivity contribution in [1.29, 1.82) is 0 Å². The molecule has 0 aliphatic carbocycles. The van der Waals surface area contributed by atoms with Crippen molar-refractivity contribution in [2.24, 2.45) is 5.92 Å². The number of fused-ring (bicyclic) bond motifs is 1. The molecule has 0 bridgehead atoms. The minimum absolute atomic E-state index is 0. The lowest BCUT2D eigenvalue weighted by Gasteiger charge is -2.23. The lowest BCUT2D eigenvalue weighted by molar-refractivity contribution is -0.122. The van der Waals surface area contributed by atoms with E-state index in [1.54, 1.807) is 11.8 Å². The number of nitrogens with zero attached hydrogens (tertiary/aromatic N) is 1. The molecular weight excluding hydrogens is 403 g/mol. The predicted octanol–water partition coefficient (Wildman–Crippen LogP) is 4.10. The van der Waals surface area contributed by atoms with E-state index in [1.807, 2.05) is 24.3 Å². The van der Waals surface area contributed by atoms with Crippen molar-refractivity contribution in [3.63, 3.8) is 0 Å². The lowest BCUT2D eigenvalue weighted by Crippen LogP contribution is -2.31. The number of aromatic amines is 1. The number of halogens is 2. The Hall–Kier alpha value is -0.950. The van der Waals surface area contributed by atoms with Gasteiger partial charge in [0.05, 0.1) is 17.1 Å². The number of imidazole rings is 1. The summed E-state index contributed by atoms with van der Waals surface area (Å²) < 4.78 is 0. The van der Waals surface area contributed by atoms with E-state index in [0.717, 1.165) is 48.5 Å². The predicted molar refractivity (Wildman–Crippen MR) is 119 cm³/mol. The molecule has 1 aromatic heterocycles. The average molecular weight is 433 g/mol. The Bertz CT molecular complexity index is 658. The van der Waals surface area contributed by atoms with Crippen LogP contribution in [0.1, 0.15) is 44.0 Å². The quantitative estimate of drug-likeness (QED) is 0.587. The topological polar surface area (TPSA) is 69.8 Å². The molecular formula is C19H30Cl2N4OS. The molecule has 152 valence electrons. The third-order valence-corrected chi connectivity index (χ3v) is 5.57. The molecule has 1 aliphatic rings. The van der Waals surface area contributed by atoms with Gasteiger partial charge in [-0.2, -0.15) is 11.8 Å². The van der Waals surface area contributed by atoms with E-state index in [1.165, 1.54) is 12.8 Å². The van der Waals surface area contributed by atoms with Crippen LogP contribution in [0.25, 0.3) is 11.0 Å². The molecule has 1 atom stereocenters. The number of hydrogen-bond acceptors (Lipinski definition) is 4. The molecule has 27 heavy (non-hydrogen) atoms. The number of carbonyl (C=O) groups is 1. The molecule has 1 fully saturated rings. The Balaban J connectivity index is 0.00000182. The van der Waals surface area contributed by atoms with Gasteiger partial charge >= 0.3 is 0 Å². The number of nitrogens with one attached hydrogen (secondary N) is 3. The molecule has 3 rings (SSSR count). The van der Waals surface area contributed by atoms with E-state index >= 15 is 0 Å². The van der Waals surface area contributed by atoms with Crippen molar-refractivity contribution in [3.05, 3.63) is 30.1 Å². The van der Waals surface area contributed by atoms with Crippen LogP contribution in [0.15, 0.2) is 24.3 Å². The monoisotopic (exact) mass is 432 g/mol. The molecule has 1 saturated heterocycles. The minimum Gasteiger partial charge on any atom is -0.346 e. The first-order chi connectivity index (χ1) is 12.3. The molecule has 3 N–H and O–H groups in total. The van der Waals surface area contributed by atoms with Gasteiger partial charge in [0, 0.05) is 6.42 Å². The van der Waals surface area contributed by atoms with Gasteiger partial charge in [-0.3, -0.25) is 4.79 Å². The number of para-hydroxylation sites is 2. The summed E-state index contributed by atoms with van der Waals surface area (Å²) in [6.45, 7) is 2.17. The minimum atomic E-state index is -0.0413. The van der Waals surface area contributed by atoms with Crippen LogP contribution in [0, 0.1) is 5.92 Å². The number of H-pyrrole nitrogens is 1. The van der Waals surface area contributed by atoms with Crippen molar-refractivity contribution in [2.75, 3.05) is 25.1 Å². The summed E-state index contributed by atoms with van der Waals surface area (Å²) in [5.74, 6) is 2.69. The molecule has 5 nitrogen and oxygen atoms in total. The van der Waals surface area contributed by atoms with Gasteiger partial charge in [-0.05, 0) is 68.8 Å². The summed E-state index contributed by atoms with van der Waals surface area (Å²) in [6, 6.07) is 7.97. The Labute approximate surface area is 178 Å². The number of rotatable bonds is 8. The summed E-state index contributed by atoms with van der Waals surface area (Å²) in [4.78, 5) is 20.5. The van der Waals surface area contributed by atoms with E-state index in [4.69, 9.17) is 0 Å². The second-order valence-electron chi connectivity index (χ2n) is 6.77. The molecule has 2 heterocycles. The van der Waals surface area contributed by atoms with Crippen LogP contribution in [0.4, 0.5) is 0 Å². The molecule has 1 aliphatic heterocycles. The highest BCUT2D eigenvalue weighted by atomic mass is 35.5. The van der Waals surface area contributed by atoms with Gasteiger partial charge in [0.1, 0.15) is 5.82 Å². The van der Waals surface area contributed by atoms with Crippen LogP contribution in [0.5, 0.6) is 0 Å². The van der Waals surface area contributed by atoms with Gasteiger partial charge in [-0.1, -0.05) is 12.1 Å². The van der Waals surface area contributed by atoms with Gasteiger partial charge < -0.3 is 15.6 Å². The number of amides is 1. The largest absolute Gasteiger partial charge is 0.346 e. The second kappa shape index (κ2) is 12.5. The molecule has 8 heteroatoms. The summed E-state index contributed by atoms with van der Waals surface area (Å²) >= 11 is 1.79. The maximum Gasteiger partial charge on any atom is 0.220 e. The normalized spacial score (nSPS) is 15.6. The SMILES string of the molecule is CSCCC(NC(=O)CCC1CCNCC1)c1nc2ccccc2[nH]1.Cl.Cl. The van der Waals surface area contributed by atoms with E-state index in [-0.39, 0.29) is 36.8 Å². The first-order valence-corrected chi connectivity index (χ1v) is 10.6. The zero-order valence-electron chi connectivity index (χ0n) is 15.7. The van der Waals surface area contributed by atoms with Crippen LogP contribution in [-0.4, -0.2) is 41.0 Å². The van der Waals surface area contributed by atoms with Gasteiger partial charge in [0.15, 0.2) is 0 Å². The fourth-order valence-electron chi connectivity index (χ4n) is 3.42. The number of benzene rings is 1. The summed E-state index contributed by atoms with van der Waals surface area (Å²) in [6.07, 6.45) is 6.96. The molecule has 1 unspecified atom stereocenters. The number of thioether (sulfide) groups is 1. The average Bonchev–Trinajstić information content (AvgIpc) is 3.08. The smallest absolute Gasteiger partial charge is 0.220 e. The van der Waals surface area contributed by atoms with E-state index in [9.17, 15) is 4.79 Å². The first kappa shape index (κ1) is 24.1. The van der Waals surface area contributed by atoms with Crippen molar-refractivity contribution in [2.45, 2.75) is 38.1 Å². The highest BCUT2D eigenvalue weighted by Gasteiger charge is 2.20. The third kappa shape index (κ3) is 7.18. The van der Waals surface area contributed by atoms with Crippen LogP contribution < -0.4 is 10.6 Å². The highest BCUT2D eigenvalue weighted by Crippen LogP contribution is 2.21. The number of aromatic nitrogens is 2. The number of carbonyl (C=O) groups excluding carboxylic acids is 1. The Morgan fingerprint density at radius 3 is 2.74 bits per heavy atom. The highest BCUT2D eigenvalue weighted by molar-refractivity contribution is 7.98. The Kier molecular flexibility index (Phi) is 11.1. The molecule has 1 aromatic carbocycles. The van der Waals surface area contributed by atoms with Crippen molar-refractivity contribution >= 4 is 53.5 Å². The van der Waals surface area contributed by atoms with Crippen LogP contribution >= 0.6 is 36.6 Å². The fraction of sp³-hybridized carbons (Fsp3) is 0.579. The maximum absolute atomic E-state index is 12.5. The van der Waals surface area contributed by atoms with Crippen LogP contribution in [-0.2, 0) is 4.79 Å². The van der Waals surface area contributed by atoms with Gasteiger partial charge in [0.25, 0.3) is 0 Å². The van der Waals surface area contributed by atoms with Gasteiger partial charge in [-0.25, -0.2) is 4.98 Å². The van der Waals surface area contributed by atoms with Crippen molar-refractivity contribution < 1.29 is 4.79 Å².